The van der Waals surface area contributed by atoms with Crippen LogP contribution in [0, 0.1) is 0 Å². The van der Waals surface area contributed by atoms with Crippen LogP contribution in [-0.2, 0) is 0 Å². The Bertz CT molecular complexity index is 980. The van der Waals surface area contributed by atoms with Gasteiger partial charge in [-0.2, -0.15) is 5.10 Å². The fourth-order valence-electron chi connectivity index (χ4n) is 3.23. The van der Waals surface area contributed by atoms with Crippen LogP contribution in [0.2, 0.25) is 0 Å². The summed E-state index contributed by atoms with van der Waals surface area (Å²) in [6, 6.07) is 21.1. The van der Waals surface area contributed by atoms with Crippen molar-refractivity contribution >= 4 is 17.9 Å². The molecule has 1 aliphatic heterocycles. The summed E-state index contributed by atoms with van der Waals surface area (Å²) < 4.78 is 5.91. The molecule has 146 valence electrons. The van der Waals surface area contributed by atoms with Gasteiger partial charge in [-0.05, 0) is 54.8 Å². The van der Waals surface area contributed by atoms with Crippen molar-refractivity contribution in [2.45, 2.75) is 12.8 Å². The average Bonchev–Trinajstić information content (AvgIpc) is 2.76. The minimum atomic E-state index is -0.136. The Morgan fingerprint density at radius 3 is 2.52 bits per heavy atom. The van der Waals surface area contributed by atoms with E-state index in [0.29, 0.717) is 18.9 Å². The summed E-state index contributed by atoms with van der Waals surface area (Å²) in [5.74, 6) is 2.10. The molecule has 1 aromatic heterocycles. The molecule has 0 aliphatic carbocycles. The number of nitrogens with one attached hydrogen (secondary N) is 1. The molecule has 0 unspecified atom stereocenters. The predicted molar refractivity (Wildman–Crippen MR) is 113 cm³/mol. The van der Waals surface area contributed by atoms with Gasteiger partial charge in [0, 0.05) is 19.3 Å². The molecule has 2 heterocycles. The predicted octanol–water partition coefficient (Wildman–Crippen LogP) is 4.98. The summed E-state index contributed by atoms with van der Waals surface area (Å²) in [5, 5.41) is 10.4. The van der Waals surface area contributed by atoms with Crippen molar-refractivity contribution in [3.05, 3.63) is 84.1 Å². The molecule has 2 amide bonds. The van der Waals surface area contributed by atoms with Crippen LogP contribution < -0.4 is 10.1 Å². The second-order valence-electron chi connectivity index (χ2n) is 6.82. The molecular formula is C23H22N4O2. The number of amides is 2. The van der Waals surface area contributed by atoms with Crippen LogP contribution in [-0.4, -0.2) is 34.2 Å². The molecule has 6 heteroatoms. The van der Waals surface area contributed by atoms with E-state index < -0.39 is 0 Å². The van der Waals surface area contributed by atoms with Gasteiger partial charge >= 0.3 is 6.03 Å². The number of piperidine rings is 1. The number of likely N-dealkylation sites (tertiary alicyclic amines) is 1. The Hall–Kier alpha value is -3.67. The number of para-hydroxylation sites is 1. The van der Waals surface area contributed by atoms with E-state index in [0.717, 1.165) is 29.9 Å². The van der Waals surface area contributed by atoms with Crippen LogP contribution in [0.15, 0.2) is 78.5 Å². The van der Waals surface area contributed by atoms with Crippen molar-refractivity contribution in [3.63, 3.8) is 0 Å². The lowest BCUT2D eigenvalue weighted by atomic mass is 10.0. The molecule has 29 heavy (non-hydrogen) atoms. The molecule has 3 aromatic rings. The fourth-order valence-corrected chi connectivity index (χ4v) is 3.23. The quantitative estimate of drug-likeness (QED) is 0.687. The SMILES string of the molecule is O=C(Nc1cccnn1)N1CCC(=Cc2cccc(Oc3ccccc3)c2)CC1. The highest BCUT2D eigenvalue weighted by Crippen LogP contribution is 2.25. The van der Waals surface area contributed by atoms with E-state index in [1.165, 1.54) is 5.57 Å². The van der Waals surface area contributed by atoms with Crippen LogP contribution in [0.3, 0.4) is 0 Å². The van der Waals surface area contributed by atoms with E-state index in [9.17, 15) is 4.79 Å². The third-order valence-electron chi connectivity index (χ3n) is 4.71. The number of carbonyl (C=O) groups is 1. The second-order valence-corrected chi connectivity index (χ2v) is 6.82. The minimum absolute atomic E-state index is 0.136. The summed E-state index contributed by atoms with van der Waals surface area (Å²) in [4.78, 5) is 14.2. The first-order chi connectivity index (χ1) is 14.3. The van der Waals surface area contributed by atoms with Gasteiger partial charge in [0.05, 0.1) is 0 Å². The number of aromatic nitrogens is 2. The number of carbonyl (C=O) groups excluding carboxylic acids is 1. The molecule has 2 aromatic carbocycles. The highest BCUT2D eigenvalue weighted by Gasteiger charge is 2.19. The standard InChI is InChI=1S/C23H22N4O2/c28-23(25-22-10-5-13-24-26-22)27-14-11-18(12-15-27)16-19-6-4-9-21(17-19)29-20-7-2-1-3-8-20/h1-10,13,16-17H,11-12,14-15H2,(H,25,26,28). The Labute approximate surface area is 169 Å². The molecule has 4 rings (SSSR count). The van der Waals surface area contributed by atoms with E-state index in [1.54, 1.807) is 23.2 Å². The molecule has 1 aliphatic rings. The molecule has 0 spiro atoms. The van der Waals surface area contributed by atoms with Gasteiger partial charge in [0.2, 0.25) is 0 Å². The van der Waals surface area contributed by atoms with Gasteiger partial charge in [-0.25, -0.2) is 4.79 Å². The maximum absolute atomic E-state index is 12.4. The third kappa shape index (κ3) is 5.19. The van der Waals surface area contributed by atoms with Crippen molar-refractivity contribution in [2.24, 2.45) is 0 Å². The molecule has 1 N–H and O–H groups in total. The number of nitrogens with zero attached hydrogens (tertiary/aromatic N) is 3. The zero-order valence-corrected chi connectivity index (χ0v) is 16.0. The maximum Gasteiger partial charge on any atom is 0.323 e. The number of hydrogen-bond donors (Lipinski definition) is 1. The van der Waals surface area contributed by atoms with Crippen molar-refractivity contribution in [1.82, 2.24) is 15.1 Å². The van der Waals surface area contributed by atoms with E-state index in [-0.39, 0.29) is 6.03 Å². The smallest absolute Gasteiger partial charge is 0.323 e. The van der Waals surface area contributed by atoms with Gasteiger partial charge < -0.3 is 9.64 Å². The van der Waals surface area contributed by atoms with E-state index in [1.807, 2.05) is 48.5 Å². The average molecular weight is 386 g/mol. The molecule has 6 nitrogen and oxygen atoms in total. The lowest BCUT2D eigenvalue weighted by Gasteiger charge is -2.28. The zero-order chi connectivity index (χ0) is 19.9. The van der Waals surface area contributed by atoms with Gasteiger partial charge in [-0.1, -0.05) is 42.0 Å². The zero-order valence-electron chi connectivity index (χ0n) is 16.0. The van der Waals surface area contributed by atoms with Crippen LogP contribution in [0.5, 0.6) is 11.5 Å². The van der Waals surface area contributed by atoms with E-state index in [4.69, 9.17) is 4.74 Å². The Morgan fingerprint density at radius 2 is 1.76 bits per heavy atom. The summed E-state index contributed by atoms with van der Waals surface area (Å²) in [7, 11) is 0. The van der Waals surface area contributed by atoms with Crippen LogP contribution in [0.25, 0.3) is 6.08 Å². The van der Waals surface area contributed by atoms with Crippen molar-refractivity contribution in [2.75, 3.05) is 18.4 Å². The summed E-state index contributed by atoms with van der Waals surface area (Å²) >= 11 is 0. The van der Waals surface area contributed by atoms with Gasteiger partial charge in [-0.15, -0.1) is 5.10 Å². The third-order valence-corrected chi connectivity index (χ3v) is 4.71. The van der Waals surface area contributed by atoms with Crippen molar-refractivity contribution in [1.29, 1.82) is 0 Å². The minimum Gasteiger partial charge on any atom is -0.457 e. The topological polar surface area (TPSA) is 67.4 Å². The van der Waals surface area contributed by atoms with E-state index in [2.05, 4.69) is 27.7 Å². The summed E-state index contributed by atoms with van der Waals surface area (Å²) in [5.41, 5.74) is 2.43. The number of urea groups is 1. The first-order valence-corrected chi connectivity index (χ1v) is 9.62. The number of rotatable bonds is 4. The number of anilines is 1. The van der Waals surface area contributed by atoms with Crippen molar-refractivity contribution in [3.8, 4) is 11.5 Å². The first-order valence-electron chi connectivity index (χ1n) is 9.62. The summed E-state index contributed by atoms with van der Waals surface area (Å²) in [6.45, 7) is 1.36. The largest absolute Gasteiger partial charge is 0.457 e. The molecule has 0 radical (unpaired) electrons. The lowest BCUT2D eigenvalue weighted by Crippen LogP contribution is -2.39. The van der Waals surface area contributed by atoms with Gasteiger partial charge in [-0.3, -0.25) is 5.32 Å². The monoisotopic (exact) mass is 386 g/mol. The number of benzene rings is 2. The molecule has 0 saturated carbocycles. The normalized spacial score (nSPS) is 13.7. The first kappa shape index (κ1) is 18.7. The Morgan fingerprint density at radius 1 is 0.966 bits per heavy atom. The van der Waals surface area contributed by atoms with Gasteiger partial charge in [0.1, 0.15) is 11.5 Å². The van der Waals surface area contributed by atoms with Gasteiger partial charge in [0.25, 0.3) is 0 Å². The highest BCUT2D eigenvalue weighted by atomic mass is 16.5. The Kier molecular flexibility index (Phi) is 5.81. The molecule has 0 bridgehead atoms. The molecule has 1 fully saturated rings. The van der Waals surface area contributed by atoms with Crippen LogP contribution >= 0.6 is 0 Å². The van der Waals surface area contributed by atoms with Gasteiger partial charge in [0.15, 0.2) is 5.82 Å². The maximum atomic E-state index is 12.4. The summed E-state index contributed by atoms with van der Waals surface area (Å²) in [6.07, 6.45) is 5.46. The molecule has 0 atom stereocenters. The molecule has 1 saturated heterocycles. The second kappa shape index (κ2) is 9.01. The van der Waals surface area contributed by atoms with Crippen LogP contribution in [0.4, 0.5) is 10.6 Å². The number of hydrogen-bond acceptors (Lipinski definition) is 4. The fraction of sp³-hybridized carbons (Fsp3) is 0.174. The van der Waals surface area contributed by atoms with Crippen molar-refractivity contribution < 1.29 is 9.53 Å². The van der Waals surface area contributed by atoms with E-state index >= 15 is 0 Å². The highest BCUT2D eigenvalue weighted by molar-refractivity contribution is 5.88. The van der Waals surface area contributed by atoms with Crippen LogP contribution in [0.1, 0.15) is 18.4 Å². The number of ether oxygens (including phenoxy) is 1. The lowest BCUT2D eigenvalue weighted by molar-refractivity contribution is 0.207. The Balaban J connectivity index is 1.35. The molecular weight excluding hydrogens is 364 g/mol.